The molecule has 1 fully saturated rings. The van der Waals surface area contributed by atoms with E-state index < -0.39 is 22.0 Å². The summed E-state index contributed by atoms with van der Waals surface area (Å²) in [5.74, 6) is 0.125. The van der Waals surface area contributed by atoms with Crippen LogP contribution >= 0.6 is 11.3 Å². The van der Waals surface area contributed by atoms with Crippen molar-refractivity contribution in [1.82, 2.24) is 8.87 Å². The lowest BCUT2D eigenvalue weighted by molar-refractivity contribution is -0.121. The maximum absolute atomic E-state index is 13.3. The van der Waals surface area contributed by atoms with Gasteiger partial charge in [0.05, 0.1) is 28.8 Å². The number of amides is 1. The third-order valence-corrected chi connectivity index (χ3v) is 9.14. The molecule has 0 spiro atoms. The lowest BCUT2D eigenvalue weighted by Gasteiger charge is -2.21. The first-order valence-corrected chi connectivity index (χ1v) is 13.4. The molecule has 2 heterocycles. The fraction of sp³-hybridized carbons (Fsp3) is 0.417. The van der Waals surface area contributed by atoms with Crippen molar-refractivity contribution in [3.05, 3.63) is 52.3 Å². The SMILES string of the molecule is COCCn1c(=NC(=O)C2CCCN2S(=O)(=O)c2ccc(OC)cc2)sc2cc(C)c(C)cc21. The van der Waals surface area contributed by atoms with E-state index in [9.17, 15) is 13.2 Å². The first-order chi connectivity index (χ1) is 16.3. The average molecular weight is 504 g/mol. The summed E-state index contributed by atoms with van der Waals surface area (Å²) >= 11 is 1.43. The number of aryl methyl sites for hydroxylation is 2. The highest BCUT2D eigenvalue weighted by Gasteiger charge is 2.39. The van der Waals surface area contributed by atoms with Gasteiger partial charge in [-0.05, 0) is 74.2 Å². The molecular formula is C24H29N3O5S2. The minimum absolute atomic E-state index is 0.135. The topological polar surface area (TPSA) is 90.2 Å². The van der Waals surface area contributed by atoms with E-state index in [2.05, 4.69) is 31.0 Å². The Labute approximate surface area is 203 Å². The summed E-state index contributed by atoms with van der Waals surface area (Å²) in [5, 5.41) is 0. The van der Waals surface area contributed by atoms with Crippen LogP contribution in [0.4, 0.5) is 0 Å². The first-order valence-electron chi connectivity index (χ1n) is 11.1. The largest absolute Gasteiger partial charge is 0.497 e. The number of methoxy groups -OCH3 is 2. The fourth-order valence-electron chi connectivity index (χ4n) is 4.13. The van der Waals surface area contributed by atoms with Crippen LogP contribution in [-0.2, 0) is 26.1 Å². The Kier molecular flexibility index (Phi) is 7.22. The van der Waals surface area contributed by atoms with Crippen LogP contribution in [0, 0.1) is 13.8 Å². The van der Waals surface area contributed by atoms with Gasteiger partial charge in [0.15, 0.2) is 4.80 Å². The summed E-state index contributed by atoms with van der Waals surface area (Å²) in [6.07, 6.45) is 1.05. The van der Waals surface area contributed by atoms with Gasteiger partial charge in [-0.15, -0.1) is 0 Å². The summed E-state index contributed by atoms with van der Waals surface area (Å²) in [6.45, 7) is 5.41. The second-order valence-corrected chi connectivity index (χ2v) is 11.2. The number of rotatable bonds is 7. The van der Waals surface area contributed by atoms with Crippen molar-refractivity contribution in [2.45, 2.75) is 44.2 Å². The van der Waals surface area contributed by atoms with E-state index >= 15 is 0 Å². The number of carbonyl (C=O) groups is 1. The molecule has 8 nitrogen and oxygen atoms in total. The number of nitrogens with zero attached hydrogens (tertiary/aromatic N) is 3. The maximum atomic E-state index is 13.3. The first kappa shape index (κ1) is 24.6. The molecule has 1 amide bonds. The quantitative estimate of drug-likeness (QED) is 0.494. The molecule has 0 radical (unpaired) electrons. The Bertz CT molecular complexity index is 1370. The Morgan fingerprint density at radius 2 is 1.85 bits per heavy atom. The van der Waals surface area contributed by atoms with E-state index in [1.165, 1.54) is 34.9 Å². The van der Waals surface area contributed by atoms with Gasteiger partial charge < -0.3 is 14.0 Å². The number of hydrogen-bond donors (Lipinski definition) is 0. The fourth-order valence-corrected chi connectivity index (χ4v) is 6.92. The van der Waals surface area contributed by atoms with Gasteiger partial charge in [-0.2, -0.15) is 9.30 Å². The van der Waals surface area contributed by atoms with E-state index in [0.29, 0.717) is 36.5 Å². The van der Waals surface area contributed by atoms with Crippen molar-refractivity contribution >= 4 is 37.5 Å². The van der Waals surface area contributed by atoms with Crippen LogP contribution < -0.4 is 9.54 Å². The normalized spacial score (nSPS) is 17.5. The number of ether oxygens (including phenoxy) is 2. The van der Waals surface area contributed by atoms with E-state index in [4.69, 9.17) is 9.47 Å². The van der Waals surface area contributed by atoms with Crippen LogP contribution in [0.15, 0.2) is 46.3 Å². The lowest BCUT2D eigenvalue weighted by atomic mass is 10.1. The molecule has 1 atom stereocenters. The van der Waals surface area contributed by atoms with Gasteiger partial charge in [0.25, 0.3) is 5.91 Å². The summed E-state index contributed by atoms with van der Waals surface area (Å²) in [6, 6.07) is 9.57. The highest BCUT2D eigenvalue weighted by atomic mass is 32.2. The summed E-state index contributed by atoms with van der Waals surface area (Å²) in [4.78, 5) is 18.4. The van der Waals surface area contributed by atoms with E-state index in [1.54, 1.807) is 19.2 Å². The molecule has 1 unspecified atom stereocenters. The van der Waals surface area contributed by atoms with E-state index in [1.807, 2.05) is 4.57 Å². The van der Waals surface area contributed by atoms with Crippen LogP contribution in [0.5, 0.6) is 5.75 Å². The van der Waals surface area contributed by atoms with Crippen molar-refractivity contribution in [3.63, 3.8) is 0 Å². The second-order valence-electron chi connectivity index (χ2n) is 8.33. The predicted octanol–water partition coefficient (Wildman–Crippen LogP) is 3.26. The van der Waals surface area contributed by atoms with Crippen LogP contribution in [0.25, 0.3) is 10.2 Å². The molecule has 1 aliphatic rings. The van der Waals surface area contributed by atoms with Crippen LogP contribution in [-0.4, -0.2) is 56.6 Å². The number of thiazole rings is 1. The van der Waals surface area contributed by atoms with Gasteiger partial charge >= 0.3 is 0 Å². The molecule has 0 aliphatic carbocycles. The Hall–Kier alpha value is -2.53. The zero-order valence-corrected chi connectivity index (χ0v) is 21.4. The zero-order valence-electron chi connectivity index (χ0n) is 19.8. The molecule has 1 aliphatic heterocycles. The lowest BCUT2D eigenvalue weighted by Crippen LogP contribution is -2.40. The molecule has 0 bridgehead atoms. The van der Waals surface area contributed by atoms with Crippen LogP contribution in [0.3, 0.4) is 0 Å². The second kappa shape index (κ2) is 9.99. The molecule has 34 heavy (non-hydrogen) atoms. The van der Waals surface area contributed by atoms with Gasteiger partial charge in [0.2, 0.25) is 10.0 Å². The minimum atomic E-state index is -3.84. The molecule has 182 valence electrons. The summed E-state index contributed by atoms with van der Waals surface area (Å²) in [7, 11) is -0.681. The molecule has 3 aromatic rings. The van der Waals surface area contributed by atoms with Gasteiger partial charge in [-0.3, -0.25) is 4.79 Å². The minimum Gasteiger partial charge on any atom is -0.497 e. The molecule has 2 aromatic carbocycles. The maximum Gasteiger partial charge on any atom is 0.266 e. The molecule has 0 N–H and O–H groups in total. The van der Waals surface area contributed by atoms with Crippen molar-refractivity contribution in [2.75, 3.05) is 27.4 Å². The number of sulfonamides is 1. The molecule has 10 heteroatoms. The highest BCUT2D eigenvalue weighted by Crippen LogP contribution is 2.28. The Morgan fingerprint density at radius 1 is 1.15 bits per heavy atom. The smallest absolute Gasteiger partial charge is 0.266 e. The molecule has 4 rings (SSSR count). The van der Waals surface area contributed by atoms with Gasteiger partial charge in [0.1, 0.15) is 11.8 Å². The van der Waals surface area contributed by atoms with Gasteiger partial charge in [-0.25, -0.2) is 8.42 Å². The predicted molar refractivity (Wildman–Crippen MR) is 132 cm³/mol. The van der Waals surface area contributed by atoms with Crippen LogP contribution in [0.2, 0.25) is 0 Å². The summed E-state index contributed by atoms with van der Waals surface area (Å²) < 4.78 is 41.3. The molecular weight excluding hydrogens is 474 g/mol. The monoisotopic (exact) mass is 503 g/mol. The third-order valence-electron chi connectivity index (χ3n) is 6.18. The van der Waals surface area contributed by atoms with Gasteiger partial charge in [-0.1, -0.05) is 11.3 Å². The molecule has 0 saturated carbocycles. The van der Waals surface area contributed by atoms with Crippen molar-refractivity contribution in [2.24, 2.45) is 4.99 Å². The number of benzene rings is 2. The number of hydrogen-bond acceptors (Lipinski definition) is 6. The van der Waals surface area contributed by atoms with E-state index in [-0.39, 0.29) is 11.4 Å². The zero-order chi connectivity index (χ0) is 24.5. The van der Waals surface area contributed by atoms with Crippen molar-refractivity contribution in [1.29, 1.82) is 0 Å². The number of aromatic nitrogens is 1. The van der Waals surface area contributed by atoms with Crippen molar-refractivity contribution in [3.8, 4) is 5.75 Å². The van der Waals surface area contributed by atoms with E-state index in [0.717, 1.165) is 21.3 Å². The Balaban J connectivity index is 1.71. The van der Waals surface area contributed by atoms with Crippen LogP contribution in [0.1, 0.15) is 24.0 Å². The highest BCUT2D eigenvalue weighted by molar-refractivity contribution is 7.89. The Morgan fingerprint density at radius 3 is 2.53 bits per heavy atom. The number of carbonyl (C=O) groups excluding carboxylic acids is 1. The average Bonchev–Trinajstić information content (AvgIpc) is 3.44. The standard InChI is InChI=1S/C24H29N3O5S2/c1-16-14-21-22(15-17(16)2)33-24(26(21)12-13-31-3)25-23(28)20-6-5-11-27(20)34(29,30)19-9-7-18(32-4)8-10-19/h7-10,14-15,20H,5-6,11-13H2,1-4H3. The van der Waals surface area contributed by atoms with Crippen molar-refractivity contribution < 1.29 is 22.7 Å². The molecule has 1 aromatic heterocycles. The number of fused-ring (bicyclic) bond motifs is 1. The van der Waals surface area contributed by atoms with Gasteiger partial charge in [0, 0.05) is 20.2 Å². The third kappa shape index (κ3) is 4.68. The summed E-state index contributed by atoms with van der Waals surface area (Å²) in [5.41, 5.74) is 3.31. The molecule has 1 saturated heterocycles.